The number of hydrogen-bond acceptors (Lipinski definition) is 4. The monoisotopic (exact) mass is 311 g/mol. The molecule has 18 heavy (non-hydrogen) atoms. The molecule has 96 valence electrons. The number of aliphatic hydroxyl groups excluding tert-OH is 1. The smallest absolute Gasteiger partial charge is 0.170 e. The van der Waals surface area contributed by atoms with Crippen molar-refractivity contribution < 1.29 is 9.84 Å². The Kier molecular flexibility index (Phi) is 3.98. The molecule has 2 aromatic rings. The molecule has 0 bridgehead atoms. The highest BCUT2D eigenvalue weighted by molar-refractivity contribution is 9.10. The van der Waals surface area contributed by atoms with Crippen LogP contribution in [0.3, 0.4) is 0 Å². The molecule has 1 aromatic carbocycles. The normalized spacial score (nSPS) is 12.4. The van der Waals surface area contributed by atoms with E-state index in [1.807, 2.05) is 25.2 Å². The summed E-state index contributed by atoms with van der Waals surface area (Å²) >= 11 is 3.37. The van der Waals surface area contributed by atoms with Gasteiger partial charge < -0.3 is 14.4 Å². The maximum absolute atomic E-state index is 9.71. The third-order valence-corrected chi connectivity index (χ3v) is 3.08. The van der Waals surface area contributed by atoms with Crippen molar-refractivity contribution in [2.75, 3.05) is 0 Å². The molecule has 0 spiro atoms. The van der Waals surface area contributed by atoms with Crippen molar-refractivity contribution in [3.63, 3.8) is 0 Å². The number of aromatic nitrogens is 3. The third-order valence-electron chi connectivity index (χ3n) is 2.58. The summed E-state index contributed by atoms with van der Waals surface area (Å²) in [5.74, 6) is 1.38. The number of rotatable bonds is 4. The van der Waals surface area contributed by atoms with Gasteiger partial charge in [-0.2, -0.15) is 0 Å². The summed E-state index contributed by atoms with van der Waals surface area (Å²) in [6, 6.07) is 5.54. The summed E-state index contributed by atoms with van der Waals surface area (Å²) in [4.78, 5) is 0. The topological polar surface area (TPSA) is 60.2 Å². The van der Waals surface area contributed by atoms with E-state index in [1.165, 1.54) is 0 Å². The van der Waals surface area contributed by atoms with Crippen LogP contribution in [0.4, 0.5) is 0 Å². The molecule has 0 saturated carbocycles. The first-order valence-corrected chi connectivity index (χ1v) is 6.30. The molecular formula is C12H14BrN3O2. The minimum atomic E-state index is -0.586. The zero-order valence-electron chi connectivity index (χ0n) is 10.2. The molecule has 5 nitrogen and oxygen atoms in total. The number of benzene rings is 1. The SMILES string of the molecule is CC(O)c1cc(Br)ccc1OCc1nncn1C. The Morgan fingerprint density at radius 2 is 2.28 bits per heavy atom. The fourth-order valence-corrected chi connectivity index (χ4v) is 1.94. The average molecular weight is 312 g/mol. The van der Waals surface area contributed by atoms with Gasteiger partial charge in [-0.05, 0) is 25.1 Å². The molecule has 0 radical (unpaired) electrons. The average Bonchev–Trinajstić information content (AvgIpc) is 2.73. The van der Waals surface area contributed by atoms with E-state index < -0.39 is 6.10 Å². The van der Waals surface area contributed by atoms with Gasteiger partial charge in [-0.1, -0.05) is 15.9 Å². The van der Waals surface area contributed by atoms with Crippen LogP contribution in [0.25, 0.3) is 0 Å². The van der Waals surface area contributed by atoms with Gasteiger partial charge in [0.2, 0.25) is 0 Å². The van der Waals surface area contributed by atoms with E-state index >= 15 is 0 Å². The number of ether oxygens (including phenoxy) is 1. The number of nitrogens with zero attached hydrogens (tertiary/aromatic N) is 3. The van der Waals surface area contributed by atoms with Gasteiger partial charge in [-0.3, -0.25) is 0 Å². The highest BCUT2D eigenvalue weighted by atomic mass is 79.9. The van der Waals surface area contributed by atoms with Crippen molar-refractivity contribution in [3.8, 4) is 5.75 Å². The number of halogens is 1. The van der Waals surface area contributed by atoms with E-state index in [9.17, 15) is 5.11 Å². The molecule has 0 saturated heterocycles. The lowest BCUT2D eigenvalue weighted by molar-refractivity contribution is 0.189. The molecule has 6 heteroatoms. The number of hydrogen-bond donors (Lipinski definition) is 1. The summed E-state index contributed by atoms with van der Waals surface area (Å²) in [7, 11) is 1.86. The van der Waals surface area contributed by atoms with Crippen LogP contribution < -0.4 is 4.74 Å². The minimum absolute atomic E-state index is 0.317. The Labute approximate surface area is 114 Å². The van der Waals surface area contributed by atoms with Gasteiger partial charge in [0, 0.05) is 17.1 Å². The van der Waals surface area contributed by atoms with Crippen molar-refractivity contribution in [2.45, 2.75) is 19.6 Å². The predicted molar refractivity (Wildman–Crippen MR) is 70.1 cm³/mol. The Morgan fingerprint density at radius 1 is 1.50 bits per heavy atom. The van der Waals surface area contributed by atoms with Gasteiger partial charge in [0.05, 0.1) is 6.10 Å². The van der Waals surface area contributed by atoms with Crippen LogP contribution in [0.1, 0.15) is 24.4 Å². The van der Waals surface area contributed by atoms with Crippen molar-refractivity contribution >= 4 is 15.9 Å². The van der Waals surface area contributed by atoms with Crippen LogP contribution in [0, 0.1) is 0 Å². The van der Waals surface area contributed by atoms with Crippen LogP contribution in [0.2, 0.25) is 0 Å². The quantitative estimate of drug-likeness (QED) is 0.940. The standard InChI is InChI=1S/C12H14BrN3O2/c1-8(17)10-5-9(13)3-4-11(10)18-6-12-15-14-7-16(12)2/h3-5,7-8,17H,6H2,1-2H3. The Hall–Kier alpha value is -1.40. The molecule has 0 amide bonds. The zero-order chi connectivity index (χ0) is 13.1. The predicted octanol–water partition coefficient (Wildman–Crippen LogP) is 2.21. The van der Waals surface area contributed by atoms with E-state index in [1.54, 1.807) is 17.8 Å². The zero-order valence-corrected chi connectivity index (χ0v) is 11.8. The van der Waals surface area contributed by atoms with Crippen LogP contribution in [0.5, 0.6) is 5.75 Å². The fourth-order valence-electron chi connectivity index (χ4n) is 1.56. The first kappa shape index (κ1) is 13.0. The summed E-state index contributed by atoms with van der Waals surface area (Å²) in [5.41, 5.74) is 0.742. The first-order valence-electron chi connectivity index (χ1n) is 5.51. The third kappa shape index (κ3) is 2.88. The summed E-state index contributed by atoms with van der Waals surface area (Å²) in [5, 5.41) is 17.4. The van der Waals surface area contributed by atoms with Gasteiger partial charge in [-0.15, -0.1) is 10.2 Å². The van der Waals surface area contributed by atoms with Crippen molar-refractivity contribution in [2.24, 2.45) is 7.05 Å². The highest BCUT2D eigenvalue weighted by Gasteiger charge is 2.11. The molecule has 1 unspecified atom stereocenters. The van der Waals surface area contributed by atoms with Crippen molar-refractivity contribution in [1.29, 1.82) is 0 Å². The van der Waals surface area contributed by atoms with E-state index in [2.05, 4.69) is 26.1 Å². The van der Waals surface area contributed by atoms with Crippen molar-refractivity contribution in [1.82, 2.24) is 14.8 Å². The minimum Gasteiger partial charge on any atom is -0.485 e. The van der Waals surface area contributed by atoms with E-state index in [4.69, 9.17) is 4.74 Å². The second kappa shape index (κ2) is 5.49. The molecule has 2 rings (SSSR count). The molecular weight excluding hydrogens is 298 g/mol. The van der Waals surface area contributed by atoms with Gasteiger partial charge in [0.25, 0.3) is 0 Å². The molecule has 1 aromatic heterocycles. The second-order valence-electron chi connectivity index (χ2n) is 4.00. The number of aryl methyl sites for hydroxylation is 1. The maximum Gasteiger partial charge on any atom is 0.170 e. The maximum atomic E-state index is 9.71. The summed E-state index contributed by atoms with van der Waals surface area (Å²) < 4.78 is 8.37. The fraction of sp³-hybridized carbons (Fsp3) is 0.333. The molecule has 1 atom stereocenters. The van der Waals surface area contributed by atoms with Gasteiger partial charge in [-0.25, -0.2) is 0 Å². The highest BCUT2D eigenvalue weighted by Crippen LogP contribution is 2.28. The largest absolute Gasteiger partial charge is 0.485 e. The lowest BCUT2D eigenvalue weighted by atomic mass is 10.1. The second-order valence-corrected chi connectivity index (χ2v) is 4.92. The van der Waals surface area contributed by atoms with Gasteiger partial charge in [0.15, 0.2) is 5.82 Å². The summed E-state index contributed by atoms with van der Waals surface area (Å²) in [6.07, 6.45) is 1.03. The van der Waals surface area contributed by atoms with Crippen LogP contribution >= 0.6 is 15.9 Å². The molecule has 0 aliphatic carbocycles. The van der Waals surface area contributed by atoms with Crippen LogP contribution in [-0.4, -0.2) is 19.9 Å². The van der Waals surface area contributed by atoms with Gasteiger partial charge in [0.1, 0.15) is 18.7 Å². The summed E-state index contributed by atoms with van der Waals surface area (Å²) in [6.45, 7) is 2.02. The lowest BCUT2D eigenvalue weighted by Crippen LogP contribution is -2.05. The number of aliphatic hydroxyl groups is 1. The van der Waals surface area contributed by atoms with Crippen LogP contribution in [0.15, 0.2) is 29.0 Å². The molecule has 0 aliphatic heterocycles. The Morgan fingerprint density at radius 3 is 2.89 bits per heavy atom. The van der Waals surface area contributed by atoms with E-state index in [0.717, 1.165) is 15.9 Å². The molecule has 0 fully saturated rings. The van der Waals surface area contributed by atoms with Crippen LogP contribution in [-0.2, 0) is 13.7 Å². The molecule has 1 N–H and O–H groups in total. The lowest BCUT2D eigenvalue weighted by Gasteiger charge is -2.13. The molecule has 0 aliphatic rings. The Bertz CT molecular complexity index is 540. The Balaban J connectivity index is 2.16. The van der Waals surface area contributed by atoms with Gasteiger partial charge >= 0.3 is 0 Å². The first-order chi connectivity index (χ1) is 8.58. The molecule has 1 heterocycles. The van der Waals surface area contributed by atoms with E-state index in [0.29, 0.717) is 12.4 Å². The van der Waals surface area contributed by atoms with Crippen molar-refractivity contribution in [3.05, 3.63) is 40.4 Å². The van der Waals surface area contributed by atoms with E-state index in [-0.39, 0.29) is 0 Å².